The van der Waals surface area contributed by atoms with Gasteiger partial charge >= 0.3 is 0 Å². The number of rotatable bonds is 3. The second-order valence-electron chi connectivity index (χ2n) is 3.62. The highest BCUT2D eigenvalue weighted by Crippen LogP contribution is 2.17. The summed E-state index contributed by atoms with van der Waals surface area (Å²) in [5.74, 6) is 0.171. The van der Waals surface area contributed by atoms with Crippen LogP contribution in [0.25, 0.3) is 0 Å². The Morgan fingerprint density at radius 1 is 1.28 bits per heavy atom. The molecule has 0 aliphatic rings. The topological polar surface area (TPSA) is 68.0 Å². The normalized spacial score (nSPS) is 10.1. The summed E-state index contributed by atoms with van der Waals surface area (Å²) in [4.78, 5) is 17.1. The molecule has 0 radical (unpaired) electrons. The minimum atomic E-state index is -0.215. The van der Waals surface area contributed by atoms with Gasteiger partial charge in [-0.1, -0.05) is 0 Å². The number of carbonyl (C=O) groups excluding carboxylic acids is 1. The number of nitrogens with two attached hydrogens (primary N) is 1. The average Bonchev–Trinajstić information content (AvgIpc) is 2.41. The van der Waals surface area contributed by atoms with E-state index in [1.54, 1.807) is 42.2 Å². The highest BCUT2D eigenvalue weighted by molar-refractivity contribution is 7.98. The van der Waals surface area contributed by atoms with Gasteiger partial charge in [0.1, 0.15) is 0 Å². The zero-order chi connectivity index (χ0) is 13.0. The van der Waals surface area contributed by atoms with E-state index in [4.69, 9.17) is 5.73 Å². The highest BCUT2D eigenvalue weighted by Gasteiger charge is 2.08. The summed E-state index contributed by atoms with van der Waals surface area (Å²) in [5, 5.41) is 2.68. The Labute approximate surface area is 110 Å². The van der Waals surface area contributed by atoms with Crippen molar-refractivity contribution in [2.75, 3.05) is 17.3 Å². The fraction of sp³-hybridized carbons (Fsp3) is 0.0769. The zero-order valence-electron chi connectivity index (χ0n) is 9.88. The van der Waals surface area contributed by atoms with Crippen LogP contribution in [0.3, 0.4) is 0 Å². The molecule has 18 heavy (non-hydrogen) atoms. The summed E-state index contributed by atoms with van der Waals surface area (Å²) < 4.78 is 0. The number of hydrogen-bond donors (Lipinski definition) is 2. The van der Waals surface area contributed by atoms with Crippen LogP contribution < -0.4 is 11.1 Å². The zero-order valence-corrected chi connectivity index (χ0v) is 10.7. The number of nitrogen functional groups attached to an aromatic ring is 1. The Kier molecular flexibility index (Phi) is 3.84. The maximum Gasteiger partial charge on any atom is 0.256 e. The van der Waals surface area contributed by atoms with Crippen molar-refractivity contribution in [3.8, 4) is 0 Å². The monoisotopic (exact) mass is 259 g/mol. The molecule has 2 aromatic rings. The number of anilines is 2. The van der Waals surface area contributed by atoms with Crippen molar-refractivity contribution >= 4 is 29.2 Å². The molecule has 2 rings (SSSR count). The van der Waals surface area contributed by atoms with Crippen LogP contribution in [0.15, 0.2) is 47.5 Å². The van der Waals surface area contributed by atoms with Gasteiger partial charge in [-0.2, -0.15) is 0 Å². The van der Waals surface area contributed by atoms with Crippen LogP contribution in [0, 0.1) is 0 Å². The summed E-state index contributed by atoms with van der Waals surface area (Å²) >= 11 is 1.63. The van der Waals surface area contributed by atoms with Gasteiger partial charge in [0, 0.05) is 16.7 Å². The van der Waals surface area contributed by atoms with Crippen molar-refractivity contribution in [2.45, 2.75) is 4.90 Å². The standard InChI is InChI=1S/C13H13N3OS/c1-18-10-6-4-9(5-7-10)13(17)16-12-11(14)3-2-8-15-12/h2-8H,14H2,1H3,(H,15,16,17). The smallest absolute Gasteiger partial charge is 0.256 e. The predicted molar refractivity (Wildman–Crippen MR) is 74.8 cm³/mol. The number of benzene rings is 1. The van der Waals surface area contributed by atoms with Crippen LogP contribution in [0.4, 0.5) is 11.5 Å². The van der Waals surface area contributed by atoms with Crippen molar-refractivity contribution in [1.29, 1.82) is 0 Å². The molecule has 4 nitrogen and oxygen atoms in total. The molecule has 0 aliphatic carbocycles. The van der Waals surface area contributed by atoms with E-state index in [9.17, 15) is 4.79 Å². The molecule has 0 saturated heterocycles. The first kappa shape index (κ1) is 12.4. The second kappa shape index (κ2) is 5.55. The van der Waals surface area contributed by atoms with Crippen LogP contribution in [0.1, 0.15) is 10.4 Å². The molecule has 1 aromatic heterocycles. The predicted octanol–water partition coefficient (Wildman–Crippen LogP) is 2.64. The molecule has 0 saturated carbocycles. The van der Waals surface area contributed by atoms with Gasteiger partial charge in [0.2, 0.25) is 0 Å². The number of hydrogen-bond acceptors (Lipinski definition) is 4. The van der Waals surface area contributed by atoms with Crippen LogP contribution in [-0.2, 0) is 0 Å². The molecule has 5 heteroatoms. The molecule has 92 valence electrons. The van der Waals surface area contributed by atoms with Crippen LogP contribution in [0.2, 0.25) is 0 Å². The number of thioether (sulfide) groups is 1. The van der Waals surface area contributed by atoms with Crippen molar-refractivity contribution in [3.63, 3.8) is 0 Å². The number of nitrogens with zero attached hydrogens (tertiary/aromatic N) is 1. The molecule has 0 atom stereocenters. The maximum absolute atomic E-state index is 12.0. The summed E-state index contributed by atoms with van der Waals surface area (Å²) in [6, 6.07) is 10.8. The van der Waals surface area contributed by atoms with Gasteiger partial charge < -0.3 is 11.1 Å². The molecule has 0 bridgehead atoms. The lowest BCUT2D eigenvalue weighted by Crippen LogP contribution is -2.14. The molecule has 0 fully saturated rings. The van der Waals surface area contributed by atoms with E-state index in [2.05, 4.69) is 10.3 Å². The molecular formula is C13H13N3OS. The Morgan fingerprint density at radius 3 is 2.61 bits per heavy atom. The Hall–Kier alpha value is -2.01. The van der Waals surface area contributed by atoms with Gasteiger partial charge in [-0.15, -0.1) is 11.8 Å². The molecule has 1 aromatic carbocycles. The minimum absolute atomic E-state index is 0.215. The third-order valence-electron chi connectivity index (χ3n) is 2.42. The molecule has 0 spiro atoms. The molecule has 1 heterocycles. The lowest BCUT2D eigenvalue weighted by molar-refractivity contribution is 0.102. The fourth-order valence-corrected chi connectivity index (χ4v) is 1.85. The first-order valence-corrected chi connectivity index (χ1v) is 6.59. The molecule has 3 N–H and O–H groups in total. The fourth-order valence-electron chi connectivity index (χ4n) is 1.44. The van der Waals surface area contributed by atoms with Gasteiger partial charge in [0.05, 0.1) is 5.69 Å². The lowest BCUT2D eigenvalue weighted by atomic mass is 10.2. The number of aromatic nitrogens is 1. The number of carbonyl (C=O) groups is 1. The maximum atomic E-state index is 12.0. The van der Waals surface area contributed by atoms with Crippen LogP contribution in [-0.4, -0.2) is 17.1 Å². The number of nitrogens with one attached hydrogen (secondary N) is 1. The molecule has 1 amide bonds. The van der Waals surface area contributed by atoms with Crippen molar-refractivity contribution in [1.82, 2.24) is 4.98 Å². The van der Waals surface area contributed by atoms with Crippen LogP contribution in [0.5, 0.6) is 0 Å². The lowest BCUT2D eigenvalue weighted by Gasteiger charge is -2.06. The highest BCUT2D eigenvalue weighted by atomic mass is 32.2. The first-order chi connectivity index (χ1) is 8.70. The van der Waals surface area contributed by atoms with Gasteiger partial charge in [-0.25, -0.2) is 4.98 Å². The summed E-state index contributed by atoms with van der Waals surface area (Å²) in [6.07, 6.45) is 3.58. The third kappa shape index (κ3) is 2.81. The van der Waals surface area contributed by atoms with E-state index in [1.807, 2.05) is 18.4 Å². The van der Waals surface area contributed by atoms with Crippen molar-refractivity contribution < 1.29 is 4.79 Å². The van der Waals surface area contributed by atoms with Gasteiger partial charge in [0.15, 0.2) is 5.82 Å². The SMILES string of the molecule is CSc1ccc(C(=O)Nc2ncccc2N)cc1. The van der Waals surface area contributed by atoms with E-state index >= 15 is 0 Å². The van der Waals surface area contributed by atoms with Crippen molar-refractivity contribution in [3.05, 3.63) is 48.2 Å². The van der Waals surface area contributed by atoms with E-state index in [1.165, 1.54) is 0 Å². The van der Waals surface area contributed by atoms with E-state index < -0.39 is 0 Å². The van der Waals surface area contributed by atoms with E-state index in [0.29, 0.717) is 17.1 Å². The second-order valence-corrected chi connectivity index (χ2v) is 4.50. The van der Waals surface area contributed by atoms with Gasteiger partial charge in [-0.05, 0) is 42.7 Å². The summed E-state index contributed by atoms with van der Waals surface area (Å²) in [7, 11) is 0. The van der Waals surface area contributed by atoms with E-state index in [-0.39, 0.29) is 5.91 Å². The largest absolute Gasteiger partial charge is 0.396 e. The molecule has 0 aliphatic heterocycles. The Morgan fingerprint density at radius 2 is 2.00 bits per heavy atom. The first-order valence-electron chi connectivity index (χ1n) is 5.36. The average molecular weight is 259 g/mol. The summed E-state index contributed by atoms with van der Waals surface area (Å²) in [5.41, 5.74) is 6.74. The quantitative estimate of drug-likeness (QED) is 0.831. The Balaban J connectivity index is 2.14. The number of amides is 1. The summed E-state index contributed by atoms with van der Waals surface area (Å²) in [6.45, 7) is 0. The van der Waals surface area contributed by atoms with Crippen LogP contribution >= 0.6 is 11.8 Å². The molecular weight excluding hydrogens is 246 g/mol. The van der Waals surface area contributed by atoms with Gasteiger partial charge in [-0.3, -0.25) is 4.79 Å². The minimum Gasteiger partial charge on any atom is -0.396 e. The Bertz CT molecular complexity index is 554. The number of pyridine rings is 1. The van der Waals surface area contributed by atoms with Gasteiger partial charge in [0.25, 0.3) is 5.91 Å². The van der Waals surface area contributed by atoms with E-state index in [0.717, 1.165) is 4.90 Å². The van der Waals surface area contributed by atoms with Crippen molar-refractivity contribution in [2.24, 2.45) is 0 Å². The molecule has 0 unspecified atom stereocenters. The third-order valence-corrected chi connectivity index (χ3v) is 3.17.